The minimum atomic E-state index is -4.00. The Morgan fingerprint density at radius 1 is 0.842 bits per heavy atom. The predicted octanol–water partition coefficient (Wildman–Crippen LogP) is 3.74. The summed E-state index contributed by atoms with van der Waals surface area (Å²) in [6, 6.07) is 17.9. The van der Waals surface area contributed by atoms with Crippen molar-refractivity contribution in [3.63, 3.8) is 0 Å². The summed E-state index contributed by atoms with van der Waals surface area (Å²) in [7, 11) is -4.00. The van der Waals surface area contributed by atoms with Crippen molar-refractivity contribution >= 4 is 10.1 Å². The van der Waals surface area contributed by atoms with Crippen LogP contribution in [0.15, 0.2) is 65.6 Å². The molecule has 19 heavy (non-hydrogen) atoms. The summed E-state index contributed by atoms with van der Waals surface area (Å²) in [5.74, 6) is 0.659. The van der Waals surface area contributed by atoms with Crippen LogP contribution < -0.4 is 0 Å². The smallest absolute Gasteiger partial charge is 0.282 e. The molecule has 0 spiro atoms. The lowest BCUT2D eigenvalue weighted by molar-refractivity contribution is 0.483. The maximum Gasteiger partial charge on any atom is 0.294 e. The van der Waals surface area contributed by atoms with Gasteiger partial charge >= 0.3 is 0 Å². The van der Waals surface area contributed by atoms with Gasteiger partial charge in [0.25, 0.3) is 10.1 Å². The summed E-state index contributed by atoms with van der Waals surface area (Å²) in [6.07, 6.45) is 0. The Labute approximate surface area is 114 Å². The van der Waals surface area contributed by atoms with Crippen LogP contribution in [0, 0.1) is 0 Å². The van der Waals surface area contributed by atoms with Gasteiger partial charge in [0.15, 0.2) is 0 Å². The van der Waals surface area contributed by atoms with Crippen molar-refractivity contribution in [2.45, 2.75) is 24.7 Å². The standard InChI is InChI=1S/C9H12.C6H6O3S/c1-8(2)9-6-4-3-5-7-9;7-10(8,9)6-4-2-1-3-5-6/h3-8H,1-2H3;1-5H,(H,7,8,9). The van der Waals surface area contributed by atoms with Gasteiger partial charge in [-0.25, -0.2) is 0 Å². The Morgan fingerprint density at radius 3 is 1.53 bits per heavy atom. The van der Waals surface area contributed by atoms with E-state index in [0.717, 1.165) is 0 Å². The van der Waals surface area contributed by atoms with Crippen molar-refractivity contribution in [3.8, 4) is 0 Å². The third-order valence-corrected chi connectivity index (χ3v) is 3.38. The Morgan fingerprint density at radius 2 is 1.26 bits per heavy atom. The molecule has 0 aromatic heterocycles. The second-order valence-electron chi connectivity index (χ2n) is 4.35. The fraction of sp³-hybridized carbons (Fsp3) is 0.200. The normalized spacial score (nSPS) is 10.7. The van der Waals surface area contributed by atoms with E-state index in [-0.39, 0.29) is 4.90 Å². The van der Waals surface area contributed by atoms with Crippen LogP contribution in [-0.4, -0.2) is 13.0 Å². The van der Waals surface area contributed by atoms with E-state index in [1.54, 1.807) is 18.2 Å². The minimum absolute atomic E-state index is 0.0741. The van der Waals surface area contributed by atoms with E-state index in [1.807, 2.05) is 6.07 Å². The monoisotopic (exact) mass is 278 g/mol. The average molecular weight is 278 g/mol. The highest BCUT2D eigenvalue weighted by molar-refractivity contribution is 7.85. The molecule has 0 atom stereocenters. The van der Waals surface area contributed by atoms with Gasteiger partial charge in [-0.3, -0.25) is 4.55 Å². The second kappa shape index (κ2) is 7.07. The van der Waals surface area contributed by atoms with Gasteiger partial charge in [-0.15, -0.1) is 0 Å². The lowest BCUT2D eigenvalue weighted by Crippen LogP contribution is -1.96. The summed E-state index contributed by atoms with van der Waals surface area (Å²) in [5, 5.41) is 0. The maximum absolute atomic E-state index is 10.4. The van der Waals surface area contributed by atoms with Crippen molar-refractivity contribution < 1.29 is 13.0 Å². The van der Waals surface area contributed by atoms with Crippen LogP contribution in [0.5, 0.6) is 0 Å². The number of benzene rings is 2. The first kappa shape index (κ1) is 15.4. The lowest BCUT2D eigenvalue weighted by Gasteiger charge is -2.01. The molecule has 0 aliphatic carbocycles. The Kier molecular flexibility index (Phi) is 5.73. The molecule has 0 saturated heterocycles. The highest BCUT2D eigenvalue weighted by atomic mass is 32.2. The summed E-state index contributed by atoms with van der Waals surface area (Å²) < 4.78 is 29.2. The topological polar surface area (TPSA) is 54.4 Å². The van der Waals surface area contributed by atoms with E-state index < -0.39 is 10.1 Å². The fourth-order valence-corrected chi connectivity index (χ4v) is 1.93. The van der Waals surface area contributed by atoms with Crippen LogP contribution in [0.3, 0.4) is 0 Å². The summed E-state index contributed by atoms with van der Waals surface area (Å²) in [5.41, 5.74) is 1.41. The van der Waals surface area contributed by atoms with Gasteiger partial charge in [0, 0.05) is 0 Å². The van der Waals surface area contributed by atoms with Gasteiger partial charge in [-0.05, 0) is 23.6 Å². The van der Waals surface area contributed by atoms with Gasteiger partial charge in [0.05, 0.1) is 4.90 Å². The first-order chi connectivity index (χ1) is 8.91. The van der Waals surface area contributed by atoms with Crippen LogP contribution in [0.25, 0.3) is 0 Å². The molecule has 102 valence electrons. The van der Waals surface area contributed by atoms with Crippen molar-refractivity contribution in [2.75, 3.05) is 0 Å². The van der Waals surface area contributed by atoms with Gasteiger partial charge in [-0.1, -0.05) is 62.4 Å². The van der Waals surface area contributed by atoms with E-state index in [9.17, 15) is 8.42 Å². The molecule has 0 amide bonds. The van der Waals surface area contributed by atoms with Crippen molar-refractivity contribution in [1.29, 1.82) is 0 Å². The quantitative estimate of drug-likeness (QED) is 0.851. The van der Waals surface area contributed by atoms with E-state index in [4.69, 9.17) is 4.55 Å². The predicted molar refractivity (Wildman–Crippen MR) is 76.8 cm³/mol. The third kappa shape index (κ3) is 5.68. The third-order valence-electron chi connectivity index (χ3n) is 2.51. The molecule has 2 aromatic rings. The van der Waals surface area contributed by atoms with E-state index in [2.05, 4.69) is 38.1 Å². The van der Waals surface area contributed by atoms with Gasteiger partial charge in [-0.2, -0.15) is 8.42 Å². The number of hydrogen-bond acceptors (Lipinski definition) is 2. The Balaban J connectivity index is 0.000000191. The molecule has 1 N–H and O–H groups in total. The highest BCUT2D eigenvalue weighted by Crippen LogP contribution is 2.11. The lowest BCUT2D eigenvalue weighted by atomic mass is 10.0. The van der Waals surface area contributed by atoms with Gasteiger partial charge in [0.2, 0.25) is 0 Å². The van der Waals surface area contributed by atoms with Crippen LogP contribution in [0.4, 0.5) is 0 Å². The van der Waals surface area contributed by atoms with E-state index in [1.165, 1.54) is 17.7 Å². The summed E-state index contributed by atoms with van der Waals surface area (Å²) in [6.45, 7) is 4.41. The maximum atomic E-state index is 10.4. The van der Waals surface area contributed by atoms with E-state index >= 15 is 0 Å². The second-order valence-corrected chi connectivity index (χ2v) is 5.78. The molecule has 2 aromatic carbocycles. The Hall–Kier alpha value is -1.65. The molecule has 0 radical (unpaired) electrons. The zero-order chi connectivity index (χ0) is 14.3. The molecule has 0 aliphatic rings. The SMILES string of the molecule is CC(C)c1ccccc1.O=S(=O)(O)c1ccccc1. The first-order valence-electron chi connectivity index (χ1n) is 5.98. The average Bonchev–Trinajstić information content (AvgIpc) is 2.40. The largest absolute Gasteiger partial charge is 0.294 e. The summed E-state index contributed by atoms with van der Waals surface area (Å²) in [4.78, 5) is -0.0741. The molecule has 4 heteroatoms. The highest BCUT2D eigenvalue weighted by Gasteiger charge is 2.05. The number of hydrogen-bond donors (Lipinski definition) is 1. The van der Waals surface area contributed by atoms with E-state index in [0.29, 0.717) is 5.92 Å². The first-order valence-corrected chi connectivity index (χ1v) is 7.42. The molecule has 2 rings (SSSR count). The molecule has 0 unspecified atom stereocenters. The van der Waals surface area contributed by atoms with Crippen LogP contribution in [-0.2, 0) is 10.1 Å². The fourth-order valence-electron chi connectivity index (χ4n) is 1.43. The molecule has 0 fully saturated rings. The molecular formula is C15H18O3S. The van der Waals surface area contributed by atoms with Crippen LogP contribution in [0.2, 0.25) is 0 Å². The molecule has 0 heterocycles. The molecule has 0 bridgehead atoms. The Bertz CT molecular complexity index is 575. The zero-order valence-corrected chi connectivity index (χ0v) is 11.8. The van der Waals surface area contributed by atoms with Crippen molar-refractivity contribution in [1.82, 2.24) is 0 Å². The molecular weight excluding hydrogens is 260 g/mol. The van der Waals surface area contributed by atoms with Crippen molar-refractivity contribution in [3.05, 3.63) is 66.2 Å². The molecule has 0 saturated carbocycles. The van der Waals surface area contributed by atoms with Gasteiger partial charge < -0.3 is 0 Å². The zero-order valence-electron chi connectivity index (χ0n) is 11.0. The van der Waals surface area contributed by atoms with Gasteiger partial charge in [0.1, 0.15) is 0 Å². The summed E-state index contributed by atoms with van der Waals surface area (Å²) >= 11 is 0. The number of rotatable bonds is 2. The van der Waals surface area contributed by atoms with Crippen LogP contribution >= 0.6 is 0 Å². The minimum Gasteiger partial charge on any atom is -0.282 e. The van der Waals surface area contributed by atoms with Crippen LogP contribution in [0.1, 0.15) is 25.3 Å². The molecule has 0 aliphatic heterocycles. The molecule has 3 nitrogen and oxygen atoms in total. The van der Waals surface area contributed by atoms with Crippen molar-refractivity contribution in [2.24, 2.45) is 0 Å².